The van der Waals surface area contributed by atoms with Gasteiger partial charge in [0.25, 0.3) is 0 Å². The second-order valence-corrected chi connectivity index (χ2v) is 5.10. The molecule has 2 aromatic heterocycles. The van der Waals surface area contributed by atoms with Gasteiger partial charge in [0, 0.05) is 6.54 Å². The second kappa shape index (κ2) is 4.49. The van der Waals surface area contributed by atoms with E-state index in [1.165, 1.54) is 6.33 Å². The fourth-order valence-electron chi connectivity index (χ4n) is 2.58. The van der Waals surface area contributed by atoms with Crippen LogP contribution in [-0.2, 0) is 4.79 Å². The molecule has 7 nitrogen and oxygen atoms in total. The largest absolute Gasteiger partial charge is 0.481 e. The van der Waals surface area contributed by atoms with Crippen LogP contribution in [0.25, 0.3) is 11.2 Å². The van der Waals surface area contributed by atoms with Crippen molar-refractivity contribution in [1.29, 1.82) is 0 Å². The minimum atomic E-state index is -0.740. The van der Waals surface area contributed by atoms with Crippen molar-refractivity contribution in [3.05, 3.63) is 12.7 Å². The summed E-state index contributed by atoms with van der Waals surface area (Å²) < 4.78 is 0. The van der Waals surface area contributed by atoms with Gasteiger partial charge in [-0.1, -0.05) is 6.42 Å². The maximum atomic E-state index is 10.9. The zero-order valence-corrected chi connectivity index (χ0v) is 10.4. The number of hydrogen-bond donors (Lipinski definition) is 3. The Morgan fingerprint density at radius 3 is 2.95 bits per heavy atom. The van der Waals surface area contributed by atoms with Crippen molar-refractivity contribution in [2.24, 2.45) is 5.41 Å². The normalized spacial score (nSPS) is 17.1. The zero-order valence-electron chi connectivity index (χ0n) is 10.4. The molecule has 100 valence electrons. The maximum absolute atomic E-state index is 10.9. The second-order valence-electron chi connectivity index (χ2n) is 5.10. The van der Waals surface area contributed by atoms with E-state index in [1.807, 2.05) is 0 Å². The Labute approximate surface area is 109 Å². The molecular formula is C12H15N5O2. The number of anilines is 1. The molecule has 2 aromatic rings. The van der Waals surface area contributed by atoms with Crippen molar-refractivity contribution in [2.45, 2.75) is 25.7 Å². The molecule has 0 radical (unpaired) electrons. The van der Waals surface area contributed by atoms with Gasteiger partial charge in [-0.15, -0.1) is 0 Å². The van der Waals surface area contributed by atoms with Gasteiger partial charge in [-0.25, -0.2) is 15.0 Å². The van der Waals surface area contributed by atoms with Crippen LogP contribution in [0.5, 0.6) is 0 Å². The predicted molar refractivity (Wildman–Crippen MR) is 68.7 cm³/mol. The van der Waals surface area contributed by atoms with Gasteiger partial charge >= 0.3 is 5.97 Å². The topological polar surface area (TPSA) is 104 Å². The Morgan fingerprint density at radius 2 is 2.26 bits per heavy atom. The van der Waals surface area contributed by atoms with E-state index in [9.17, 15) is 4.79 Å². The number of carboxylic acids is 1. The molecule has 0 saturated heterocycles. The van der Waals surface area contributed by atoms with Crippen molar-refractivity contribution >= 4 is 23.0 Å². The van der Waals surface area contributed by atoms with E-state index in [-0.39, 0.29) is 11.8 Å². The van der Waals surface area contributed by atoms with Gasteiger partial charge in [0.1, 0.15) is 11.8 Å². The SMILES string of the molecule is O=C(O)CC1(CNc2ncnc3nc[nH]c23)CCC1. The summed E-state index contributed by atoms with van der Waals surface area (Å²) in [4.78, 5) is 26.2. The van der Waals surface area contributed by atoms with Gasteiger partial charge in [0.15, 0.2) is 11.5 Å². The summed E-state index contributed by atoms with van der Waals surface area (Å²) in [5.41, 5.74) is 1.23. The van der Waals surface area contributed by atoms with Gasteiger partial charge in [0.2, 0.25) is 0 Å². The van der Waals surface area contributed by atoms with Gasteiger partial charge in [-0.05, 0) is 18.3 Å². The van der Waals surface area contributed by atoms with Crippen molar-refractivity contribution in [3.8, 4) is 0 Å². The Morgan fingerprint density at radius 1 is 1.42 bits per heavy atom. The van der Waals surface area contributed by atoms with Gasteiger partial charge in [-0.2, -0.15) is 0 Å². The molecule has 1 aliphatic carbocycles. The number of imidazole rings is 1. The third kappa shape index (κ3) is 2.23. The number of nitrogens with zero attached hydrogens (tertiary/aromatic N) is 3. The lowest BCUT2D eigenvalue weighted by molar-refractivity contribution is -0.141. The first-order valence-corrected chi connectivity index (χ1v) is 6.28. The molecule has 0 spiro atoms. The molecule has 1 saturated carbocycles. The van der Waals surface area contributed by atoms with Crippen LogP contribution in [0.4, 0.5) is 5.82 Å². The third-order valence-electron chi connectivity index (χ3n) is 3.79. The number of aromatic amines is 1. The molecule has 19 heavy (non-hydrogen) atoms. The Hall–Kier alpha value is -2.18. The summed E-state index contributed by atoms with van der Waals surface area (Å²) in [5.74, 6) is -0.0601. The number of H-pyrrole nitrogens is 1. The summed E-state index contributed by atoms with van der Waals surface area (Å²) in [6.07, 6.45) is 6.22. The number of fused-ring (bicyclic) bond motifs is 1. The van der Waals surface area contributed by atoms with E-state index in [2.05, 4.69) is 25.3 Å². The van der Waals surface area contributed by atoms with E-state index in [0.29, 0.717) is 18.0 Å². The lowest BCUT2D eigenvalue weighted by Gasteiger charge is -2.41. The number of carboxylic acid groups (broad SMARTS) is 1. The van der Waals surface area contributed by atoms with Crippen molar-refractivity contribution in [3.63, 3.8) is 0 Å². The minimum absolute atomic E-state index is 0.136. The summed E-state index contributed by atoms with van der Waals surface area (Å²) >= 11 is 0. The predicted octanol–water partition coefficient (Wildman–Crippen LogP) is 1.41. The molecule has 3 N–H and O–H groups in total. The maximum Gasteiger partial charge on any atom is 0.303 e. The molecule has 7 heteroatoms. The Kier molecular flexibility index (Phi) is 2.81. The summed E-state index contributed by atoms with van der Waals surface area (Å²) in [6.45, 7) is 0.616. The van der Waals surface area contributed by atoms with E-state index in [4.69, 9.17) is 5.11 Å². The number of aromatic nitrogens is 4. The molecule has 2 heterocycles. The number of carbonyl (C=O) groups is 1. The standard InChI is InChI=1S/C12H15N5O2/c18-8(19)4-12(2-1-3-12)5-13-10-9-11(15-6-14-9)17-7-16-10/h6-7H,1-5H2,(H,18,19)(H2,13,14,15,16,17). The van der Waals surface area contributed by atoms with Crippen LogP contribution in [0.15, 0.2) is 12.7 Å². The van der Waals surface area contributed by atoms with Gasteiger partial charge in [-0.3, -0.25) is 4.79 Å². The number of rotatable bonds is 5. The van der Waals surface area contributed by atoms with Crippen molar-refractivity contribution in [2.75, 3.05) is 11.9 Å². The summed E-state index contributed by atoms with van der Waals surface area (Å²) in [6, 6.07) is 0. The first-order valence-electron chi connectivity index (χ1n) is 6.28. The first kappa shape index (κ1) is 11.9. The summed E-state index contributed by atoms with van der Waals surface area (Å²) in [7, 11) is 0. The minimum Gasteiger partial charge on any atom is -0.481 e. The van der Waals surface area contributed by atoms with E-state index >= 15 is 0 Å². The van der Waals surface area contributed by atoms with E-state index < -0.39 is 5.97 Å². The quantitative estimate of drug-likeness (QED) is 0.751. The van der Waals surface area contributed by atoms with Crippen LogP contribution in [0.2, 0.25) is 0 Å². The Bertz CT molecular complexity index is 605. The molecule has 1 fully saturated rings. The molecule has 0 atom stereocenters. The van der Waals surface area contributed by atoms with Crippen LogP contribution in [0.3, 0.4) is 0 Å². The highest BCUT2D eigenvalue weighted by Gasteiger charge is 2.38. The molecule has 3 rings (SSSR count). The molecule has 1 aliphatic rings. The molecule has 0 unspecified atom stereocenters. The van der Waals surface area contributed by atoms with Gasteiger partial charge < -0.3 is 15.4 Å². The first-order chi connectivity index (χ1) is 9.19. The Balaban J connectivity index is 1.75. The molecule has 0 bridgehead atoms. The smallest absolute Gasteiger partial charge is 0.303 e. The number of aliphatic carboxylic acids is 1. The van der Waals surface area contributed by atoms with Crippen molar-refractivity contribution in [1.82, 2.24) is 19.9 Å². The monoisotopic (exact) mass is 261 g/mol. The highest BCUT2D eigenvalue weighted by atomic mass is 16.4. The van der Waals surface area contributed by atoms with Crippen LogP contribution >= 0.6 is 0 Å². The molecule has 0 aliphatic heterocycles. The fraction of sp³-hybridized carbons (Fsp3) is 0.500. The zero-order chi connectivity index (χ0) is 13.3. The number of hydrogen-bond acceptors (Lipinski definition) is 5. The van der Waals surface area contributed by atoms with E-state index in [0.717, 1.165) is 24.8 Å². The van der Waals surface area contributed by atoms with Crippen LogP contribution in [-0.4, -0.2) is 37.6 Å². The average Bonchev–Trinajstić information content (AvgIpc) is 2.80. The highest BCUT2D eigenvalue weighted by Crippen LogP contribution is 2.44. The molecular weight excluding hydrogens is 246 g/mol. The lowest BCUT2D eigenvalue weighted by atomic mass is 9.66. The average molecular weight is 261 g/mol. The lowest BCUT2D eigenvalue weighted by Crippen LogP contribution is -2.38. The summed E-state index contributed by atoms with van der Waals surface area (Å²) in [5, 5.41) is 12.2. The fourth-order valence-corrected chi connectivity index (χ4v) is 2.58. The van der Waals surface area contributed by atoms with E-state index in [1.54, 1.807) is 6.33 Å². The van der Waals surface area contributed by atoms with Crippen molar-refractivity contribution < 1.29 is 9.90 Å². The molecule has 0 amide bonds. The highest BCUT2D eigenvalue weighted by molar-refractivity contribution is 5.81. The third-order valence-corrected chi connectivity index (χ3v) is 3.79. The van der Waals surface area contributed by atoms with Crippen LogP contribution < -0.4 is 5.32 Å². The van der Waals surface area contributed by atoms with Crippen LogP contribution in [0.1, 0.15) is 25.7 Å². The van der Waals surface area contributed by atoms with Crippen LogP contribution in [0, 0.1) is 5.41 Å². The molecule has 0 aromatic carbocycles. The van der Waals surface area contributed by atoms with Gasteiger partial charge in [0.05, 0.1) is 12.7 Å². The number of nitrogens with one attached hydrogen (secondary N) is 2.